The molecular weight excluding hydrogens is 451 g/mol. The number of anilines is 1. The maximum absolute atomic E-state index is 13.3. The van der Waals surface area contributed by atoms with E-state index in [2.05, 4.69) is 5.32 Å². The first-order chi connectivity index (χ1) is 16.8. The molecule has 0 aliphatic rings. The van der Waals surface area contributed by atoms with Crippen molar-refractivity contribution in [3.8, 4) is 16.9 Å². The van der Waals surface area contributed by atoms with E-state index in [4.69, 9.17) is 14.9 Å². The Morgan fingerprint density at radius 3 is 2.69 bits per heavy atom. The highest BCUT2D eigenvalue weighted by atomic mass is 19.1. The summed E-state index contributed by atoms with van der Waals surface area (Å²) in [5, 5.41) is 12.8. The number of amides is 1. The lowest BCUT2D eigenvalue weighted by Gasteiger charge is -2.14. The van der Waals surface area contributed by atoms with Gasteiger partial charge in [-0.3, -0.25) is 9.59 Å². The quantitative estimate of drug-likeness (QED) is 0.291. The predicted molar refractivity (Wildman–Crippen MR) is 131 cm³/mol. The number of hydrogen-bond acceptors (Lipinski definition) is 5. The zero-order chi connectivity index (χ0) is 24.9. The van der Waals surface area contributed by atoms with E-state index in [1.54, 1.807) is 24.5 Å². The minimum atomic E-state index is -1.44. The van der Waals surface area contributed by atoms with Crippen molar-refractivity contribution in [1.29, 1.82) is 0 Å². The number of benzene rings is 3. The average molecular weight is 477 g/mol. The van der Waals surface area contributed by atoms with Crippen LogP contribution in [0.5, 0.6) is 5.75 Å². The minimum Gasteiger partial charge on any atom is -0.489 e. The molecule has 1 amide bonds. The Bertz CT molecular complexity index is 1380. The maximum atomic E-state index is 13.3. The lowest BCUT2D eigenvalue weighted by atomic mass is 9.98. The number of rotatable bonds is 9. The van der Waals surface area contributed by atoms with Crippen molar-refractivity contribution in [3.05, 3.63) is 83.6 Å². The van der Waals surface area contributed by atoms with Gasteiger partial charge in [-0.1, -0.05) is 30.3 Å². The summed E-state index contributed by atoms with van der Waals surface area (Å²) in [5.41, 5.74) is 10.3. The number of carbonyl (C=O) groups is 2. The molecule has 1 aromatic heterocycles. The molecule has 4 aromatic rings. The number of nitrogens with two attached hydrogens (primary N) is 1. The van der Waals surface area contributed by atoms with Crippen molar-refractivity contribution in [2.24, 2.45) is 5.73 Å². The topological polar surface area (TPSA) is 115 Å². The van der Waals surface area contributed by atoms with E-state index in [0.717, 1.165) is 27.6 Å². The Labute approximate surface area is 201 Å². The molecule has 0 aliphatic carbocycles. The molecule has 0 radical (unpaired) electrons. The molecule has 1 heterocycles. The third-order valence-electron chi connectivity index (χ3n) is 5.40. The molecule has 180 valence electrons. The summed E-state index contributed by atoms with van der Waals surface area (Å²) in [6.07, 6.45) is 0.0455. The monoisotopic (exact) mass is 476 g/mol. The highest BCUT2D eigenvalue weighted by Crippen LogP contribution is 2.33. The van der Waals surface area contributed by atoms with Crippen LogP contribution in [0, 0.1) is 0 Å². The fourth-order valence-corrected chi connectivity index (χ4v) is 3.97. The summed E-state index contributed by atoms with van der Waals surface area (Å²) in [6, 6.07) is 18.0. The highest BCUT2D eigenvalue weighted by molar-refractivity contribution is 5.93. The second-order valence-corrected chi connectivity index (χ2v) is 8.27. The van der Waals surface area contributed by atoms with Crippen LogP contribution < -0.4 is 15.8 Å². The zero-order valence-electron chi connectivity index (χ0n) is 19.1. The van der Waals surface area contributed by atoms with Crippen molar-refractivity contribution >= 4 is 28.5 Å². The molecule has 4 N–H and O–H groups in total. The largest absolute Gasteiger partial charge is 0.489 e. The lowest BCUT2D eigenvalue weighted by molar-refractivity contribution is -0.136. The number of hydrogen-bond donors (Lipinski definition) is 3. The number of alkyl halides is 1. The van der Waals surface area contributed by atoms with Gasteiger partial charge in [0.2, 0.25) is 5.91 Å². The van der Waals surface area contributed by atoms with Crippen LogP contribution in [0.2, 0.25) is 0 Å². The second kappa shape index (κ2) is 10.4. The molecule has 0 bridgehead atoms. The fourth-order valence-electron chi connectivity index (χ4n) is 3.97. The Morgan fingerprint density at radius 2 is 1.94 bits per heavy atom. The Morgan fingerprint density at radius 1 is 1.11 bits per heavy atom. The summed E-state index contributed by atoms with van der Waals surface area (Å²) in [7, 11) is 0. The molecule has 0 fully saturated rings. The van der Waals surface area contributed by atoms with Crippen molar-refractivity contribution in [1.82, 2.24) is 0 Å². The molecule has 7 nitrogen and oxygen atoms in total. The Kier molecular flexibility index (Phi) is 7.12. The fraction of sp³-hybridized carbons (Fsp3) is 0.185. The third-order valence-corrected chi connectivity index (χ3v) is 5.40. The van der Waals surface area contributed by atoms with Gasteiger partial charge in [-0.05, 0) is 41.0 Å². The van der Waals surface area contributed by atoms with E-state index in [-0.39, 0.29) is 25.4 Å². The van der Waals surface area contributed by atoms with Gasteiger partial charge in [0.15, 0.2) is 6.30 Å². The van der Waals surface area contributed by atoms with E-state index in [1.807, 2.05) is 42.5 Å². The van der Waals surface area contributed by atoms with Crippen LogP contribution in [0.3, 0.4) is 0 Å². The Hall–Kier alpha value is -4.17. The van der Waals surface area contributed by atoms with Gasteiger partial charge in [-0.15, -0.1) is 0 Å². The van der Waals surface area contributed by atoms with E-state index in [0.29, 0.717) is 22.6 Å². The summed E-state index contributed by atoms with van der Waals surface area (Å²) < 4.78 is 25.1. The lowest BCUT2D eigenvalue weighted by Crippen LogP contribution is -2.15. The minimum absolute atomic E-state index is 0.106. The standard InChI is InChI=1S/C27H25FN2O5/c1-16(31)30-22-6-5-20(13-26(32)33)24(14-22)35-15-18-10-21-7-8-34-27(21)23(11-18)19-4-2-3-17(9-19)12-25(28)29/h2-11,14,25H,12-13,15,29H2,1H3,(H,30,31)(H,32,33)/t25-/m1/s1. The number of carbonyl (C=O) groups excluding carboxylic acids is 1. The van der Waals surface area contributed by atoms with Gasteiger partial charge in [0, 0.05) is 41.6 Å². The predicted octanol–water partition coefficient (Wildman–Crippen LogP) is 5.06. The zero-order valence-corrected chi connectivity index (χ0v) is 19.1. The molecule has 4 rings (SSSR count). The number of ether oxygens (including phenoxy) is 1. The van der Waals surface area contributed by atoms with Crippen LogP contribution in [-0.2, 0) is 29.0 Å². The molecule has 0 spiro atoms. The van der Waals surface area contributed by atoms with E-state index in [1.165, 1.54) is 6.92 Å². The van der Waals surface area contributed by atoms with Crippen LogP contribution >= 0.6 is 0 Å². The number of carboxylic acids is 1. The number of halogens is 1. The number of furan rings is 1. The first kappa shape index (κ1) is 24.0. The van der Waals surface area contributed by atoms with Gasteiger partial charge in [0.05, 0.1) is 12.7 Å². The molecule has 0 saturated carbocycles. The first-order valence-corrected chi connectivity index (χ1v) is 11.0. The van der Waals surface area contributed by atoms with Gasteiger partial charge in [-0.2, -0.15) is 0 Å². The van der Waals surface area contributed by atoms with E-state index >= 15 is 0 Å². The molecule has 1 atom stereocenters. The van der Waals surface area contributed by atoms with E-state index in [9.17, 15) is 19.1 Å². The molecule has 8 heteroatoms. The SMILES string of the molecule is CC(=O)Nc1ccc(CC(=O)O)c(OCc2cc(-c3cccc(C[C@@H](N)F)c3)c3occc3c2)c1. The van der Waals surface area contributed by atoms with Gasteiger partial charge in [0.25, 0.3) is 0 Å². The molecular formula is C27H25FN2O5. The van der Waals surface area contributed by atoms with Crippen LogP contribution in [0.1, 0.15) is 23.6 Å². The summed E-state index contributed by atoms with van der Waals surface area (Å²) in [4.78, 5) is 22.7. The van der Waals surface area contributed by atoms with E-state index < -0.39 is 12.3 Å². The van der Waals surface area contributed by atoms with Crippen molar-refractivity contribution < 1.29 is 28.2 Å². The van der Waals surface area contributed by atoms with Crippen molar-refractivity contribution in [2.45, 2.75) is 32.7 Å². The van der Waals surface area contributed by atoms with Crippen LogP contribution in [0.15, 0.2) is 71.3 Å². The average Bonchev–Trinajstić information content (AvgIpc) is 3.26. The van der Waals surface area contributed by atoms with Gasteiger partial charge in [0.1, 0.15) is 17.9 Å². The summed E-state index contributed by atoms with van der Waals surface area (Å²) >= 11 is 0. The Balaban J connectivity index is 1.66. The van der Waals surface area contributed by atoms with Crippen LogP contribution in [0.4, 0.5) is 10.1 Å². The number of aliphatic carboxylic acids is 1. The van der Waals surface area contributed by atoms with Gasteiger partial charge >= 0.3 is 5.97 Å². The first-order valence-electron chi connectivity index (χ1n) is 11.0. The summed E-state index contributed by atoms with van der Waals surface area (Å²) in [5.74, 6) is -0.864. The summed E-state index contributed by atoms with van der Waals surface area (Å²) in [6.45, 7) is 1.54. The van der Waals surface area contributed by atoms with Gasteiger partial charge in [-0.25, -0.2) is 4.39 Å². The van der Waals surface area contributed by atoms with Gasteiger partial charge < -0.3 is 25.3 Å². The van der Waals surface area contributed by atoms with Crippen LogP contribution in [0.25, 0.3) is 22.1 Å². The smallest absolute Gasteiger partial charge is 0.307 e. The number of fused-ring (bicyclic) bond motifs is 1. The molecule has 0 aliphatic heterocycles. The molecule has 0 saturated heterocycles. The highest BCUT2D eigenvalue weighted by Gasteiger charge is 2.14. The van der Waals surface area contributed by atoms with Crippen LogP contribution in [-0.4, -0.2) is 23.3 Å². The molecule has 35 heavy (non-hydrogen) atoms. The number of nitrogens with one attached hydrogen (secondary N) is 1. The van der Waals surface area contributed by atoms with Crippen molar-refractivity contribution in [2.75, 3.05) is 5.32 Å². The van der Waals surface area contributed by atoms with Crippen molar-refractivity contribution in [3.63, 3.8) is 0 Å². The maximum Gasteiger partial charge on any atom is 0.307 e. The molecule has 0 unspecified atom stereocenters. The third kappa shape index (κ3) is 6.04. The normalized spacial score (nSPS) is 11.9. The molecule has 3 aromatic carbocycles. The number of carboxylic acid groups (broad SMARTS) is 1. The second-order valence-electron chi connectivity index (χ2n) is 8.27.